The Hall–Kier alpha value is -3.08. The SMILES string of the molecule is Cc1ccc(-c2cc(C(=O)O)cc(C(=O)N3CCN4C=CCC4C3)c2)cc1. The van der Waals surface area contributed by atoms with E-state index in [1.165, 1.54) is 6.07 Å². The molecule has 1 unspecified atom stereocenters. The van der Waals surface area contributed by atoms with Gasteiger partial charge in [-0.05, 0) is 48.9 Å². The Kier molecular flexibility index (Phi) is 4.44. The lowest BCUT2D eigenvalue weighted by atomic mass is 9.98. The highest BCUT2D eigenvalue weighted by Crippen LogP contribution is 2.26. The Bertz CT molecular complexity index is 918. The van der Waals surface area contributed by atoms with Crippen LogP contribution in [0, 0.1) is 6.92 Å². The molecule has 0 aromatic heterocycles. The van der Waals surface area contributed by atoms with Crippen molar-refractivity contribution in [2.45, 2.75) is 19.4 Å². The molecule has 1 N–H and O–H groups in total. The van der Waals surface area contributed by atoms with E-state index in [1.807, 2.05) is 36.1 Å². The molecule has 2 aromatic carbocycles. The van der Waals surface area contributed by atoms with Crippen LogP contribution in [0.5, 0.6) is 0 Å². The molecule has 0 bridgehead atoms. The molecule has 0 spiro atoms. The quantitative estimate of drug-likeness (QED) is 0.909. The Morgan fingerprint density at radius 3 is 2.48 bits per heavy atom. The Labute approximate surface area is 158 Å². The standard InChI is InChI=1S/C22H22N2O3/c1-15-4-6-16(7-5-15)17-11-18(13-19(12-17)22(26)27)21(25)24-10-9-23-8-2-3-20(23)14-24/h2,4-8,11-13,20H,3,9-10,14H2,1H3,(H,26,27). The number of carboxylic acid groups (broad SMARTS) is 1. The van der Waals surface area contributed by atoms with Gasteiger partial charge in [0.15, 0.2) is 0 Å². The van der Waals surface area contributed by atoms with Gasteiger partial charge in [0.05, 0.1) is 5.56 Å². The Morgan fingerprint density at radius 1 is 1.00 bits per heavy atom. The summed E-state index contributed by atoms with van der Waals surface area (Å²) in [5.74, 6) is -1.12. The largest absolute Gasteiger partial charge is 0.478 e. The fourth-order valence-corrected chi connectivity index (χ4v) is 3.78. The van der Waals surface area contributed by atoms with Crippen molar-refractivity contribution in [1.82, 2.24) is 9.80 Å². The van der Waals surface area contributed by atoms with E-state index in [-0.39, 0.29) is 11.5 Å². The molecule has 1 atom stereocenters. The normalized spacial score (nSPS) is 18.5. The molecule has 4 rings (SSSR count). The molecule has 0 saturated carbocycles. The highest BCUT2D eigenvalue weighted by Gasteiger charge is 2.30. The molecule has 1 amide bonds. The lowest BCUT2D eigenvalue weighted by Crippen LogP contribution is -2.51. The van der Waals surface area contributed by atoms with Crippen LogP contribution in [0.15, 0.2) is 54.7 Å². The van der Waals surface area contributed by atoms with Gasteiger partial charge in [-0.15, -0.1) is 0 Å². The van der Waals surface area contributed by atoms with Crippen LogP contribution in [0.3, 0.4) is 0 Å². The van der Waals surface area contributed by atoms with E-state index < -0.39 is 5.97 Å². The zero-order valence-corrected chi connectivity index (χ0v) is 15.3. The van der Waals surface area contributed by atoms with Gasteiger partial charge in [0, 0.05) is 31.2 Å². The van der Waals surface area contributed by atoms with Crippen molar-refractivity contribution in [3.63, 3.8) is 0 Å². The minimum Gasteiger partial charge on any atom is -0.478 e. The van der Waals surface area contributed by atoms with Crippen LogP contribution >= 0.6 is 0 Å². The summed E-state index contributed by atoms with van der Waals surface area (Å²) in [5, 5.41) is 9.50. The lowest BCUT2D eigenvalue weighted by molar-refractivity contribution is 0.0608. The highest BCUT2D eigenvalue weighted by molar-refractivity contribution is 5.99. The van der Waals surface area contributed by atoms with Crippen LogP contribution in [-0.4, -0.2) is 52.5 Å². The summed E-state index contributed by atoms with van der Waals surface area (Å²) in [6, 6.07) is 13.1. The van der Waals surface area contributed by atoms with Gasteiger partial charge in [-0.3, -0.25) is 4.79 Å². The first-order valence-electron chi connectivity index (χ1n) is 9.18. The minimum atomic E-state index is -1.03. The zero-order chi connectivity index (χ0) is 19.0. The Morgan fingerprint density at radius 2 is 1.74 bits per heavy atom. The van der Waals surface area contributed by atoms with Gasteiger partial charge >= 0.3 is 5.97 Å². The van der Waals surface area contributed by atoms with Crippen molar-refractivity contribution in [2.24, 2.45) is 0 Å². The van der Waals surface area contributed by atoms with Crippen molar-refractivity contribution >= 4 is 11.9 Å². The molecule has 2 aromatic rings. The third-order valence-electron chi connectivity index (χ3n) is 5.33. The van der Waals surface area contributed by atoms with Gasteiger partial charge in [0.2, 0.25) is 0 Å². The summed E-state index contributed by atoms with van der Waals surface area (Å²) in [4.78, 5) is 28.8. The number of benzene rings is 2. The monoisotopic (exact) mass is 362 g/mol. The number of hydrogen-bond acceptors (Lipinski definition) is 3. The van der Waals surface area contributed by atoms with E-state index in [1.54, 1.807) is 12.1 Å². The summed E-state index contributed by atoms with van der Waals surface area (Å²) in [6.45, 7) is 4.14. The first-order chi connectivity index (χ1) is 13.0. The number of piperazine rings is 1. The van der Waals surface area contributed by atoms with E-state index in [0.717, 1.165) is 29.7 Å². The predicted octanol–water partition coefficient (Wildman–Crippen LogP) is 3.40. The first-order valence-corrected chi connectivity index (χ1v) is 9.18. The molecule has 2 aliphatic rings. The maximum atomic E-state index is 13.1. The maximum absolute atomic E-state index is 13.1. The number of aryl methyl sites for hydroxylation is 1. The number of amides is 1. The average molecular weight is 362 g/mol. The molecule has 2 heterocycles. The number of rotatable bonds is 3. The van der Waals surface area contributed by atoms with Crippen molar-refractivity contribution in [3.05, 3.63) is 71.4 Å². The number of carbonyl (C=O) groups excluding carboxylic acids is 1. The van der Waals surface area contributed by atoms with Gasteiger partial charge in [-0.25, -0.2) is 4.79 Å². The molecule has 2 aliphatic heterocycles. The molecule has 138 valence electrons. The molecule has 0 radical (unpaired) electrons. The van der Waals surface area contributed by atoms with Crippen LogP contribution in [0.25, 0.3) is 11.1 Å². The zero-order valence-electron chi connectivity index (χ0n) is 15.3. The van der Waals surface area contributed by atoms with E-state index in [9.17, 15) is 14.7 Å². The molecular formula is C22H22N2O3. The maximum Gasteiger partial charge on any atom is 0.335 e. The van der Waals surface area contributed by atoms with Crippen molar-refractivity contribution in [2.75, 3.05) is 19.6 Å². The second-order valence-electron chi connectivity index (χ2n) is 7.23. The molecular weight excluding hydrogens is 340 g/mol. The van der Waals surface area contributed by atoms with Crippen molar-refractivity contribution in [3.8, 4) is 11.1 Å². The lowest BCUT2D eigenvalue weighted by Gasteiger charge is -2.38. The minimum absolute atomic E-state index is 0.0991. The smallest absolute Gasteiger partial charge is 0.335 e. The number of aromatic carboxylic acids is 1. The van der Waals surface area contributed by atoms with Crippen LogP contribution in [0.2, 0.25) is 0 Å². The van der Waals surface area contributed by atoms with E-state index in [4.69, 9.17) is 0 Å². The van der Waals surface area contributed by atoms with Crippen molar-refractivity contribution < 1.29 is 14.7 Å². The Balaban J connectivity index is 1.66. The highest BCUT2D eigenvalue weighted by atomic mass is 16.4. The van der Waals surface area contributed by atoms with Crippen molar-refractivity contribution in [1.29, 1.82) is 0 Å². The van der Waals surface area contributed by atoms with Gasteiger partial charge in [0.25, 0.3) is 5.91 Å². The number of fused-ring (bicyclic) bond motifs is 1. The molecule has 1 saturated heterocycles. The summed E-state index contributed by atoms with van der Waals surface area (Å²) < 4.78 is 0. The fourth-order valence-electron chi connectivity index (χ4n) is 3.78. The topological polar surface area (TPSA) is 60.9 Å². The van der Waals surface area contributed by atoms with Gasteiger partial charge < -0.3 is 14.9 Å². The summed E-state index contributed by atoms with van der Waals surface area (Å²) in [6.07, 6.45) is 5.19. The summed E-state index contributed by atoms with van der Waals surface area (Å²) >= 11 is 0. The molecule has 1 fully saturated rings. The summed E-state index contributed by atoms with van der Waals surface area (Å²) in [5.41, 5.74) is 3.36. The van der Waals surface area contributed by atoms with Gasteiger partial charge in [-0.2, -0.15) is 0 Å². The second kappa shape index (κ2) is 6.91. The number of hydrogen-bond donors (Lipinski definition) is 1. The second-order valence-corrected chi connectivity index (χ2v) is 7.23. The summed E-state index contributed by atoms with van der Waals surface area (Å²) in [7, 11) is 0. The van der Waals surface area contributed by atoms with Crippen LogP contribution in [0.1, 0.15) is 32.7 Å². The van der Waals surface area contributed by atoms with E-state index in [2.05, 4.69) is 17.2 Å². The predicted molar refractivity (Wildman–Crippen MR) is 104 cm³/mol. The van der Waals surface area contributed by atoms with Crippen LogP contribution in [0.4, 0.5) is 0 Å². The van der Waals surface area contributed by atoms with Crippen LogP contribution in [-0.2, 0) is 0 Å². The third-order valence-corrected chi connectivity index (χ3v) is 5.33. The van der Waals surface area contributed by atoms with Gasteiger partial charge in [0.1, 0.15) is 0 Å². The van der Waals surface area contributed by atoms with E-state index in [0.29, 0.717) is 24.7 Å². The number of carbonyl (C=O) groups is 2. The van der Waals surface area contributed by atoms with Gasteiger partial charge in [-0.1, -0.05) is 35.9 Å². The molecule has 5 nitrogen and oxygen atoms in total. The third kappa shape index (κ3) is 3.45. The van der Waals surface area contributed by atoms with Crippen LogP contribution < -0.4 is 0 Å². The average Bonchev–Trinajstić information content (AvgIpc) is 3.15. The number of nitrogens with zero attached hydrogens (tertiary/aromatic N) is 2. The number of carboxylic acids is 1. The molecule has 5 heteroatoms. The first kappa shape index (κ1) is 17.3. The fraction of sp³-hybridized carbons (Fsp3) is 0.273. The van der Waals surface area contributed by atoms with E-state index >= 15 is 0 Å². The molecule has 27 heavy (non-hydrogen) atoms. The molecule has 0 aliphatic carbocycles.